The number of hydrogen-bond donors (Lipinski definition) is 1. The quantitative estimate of drug-likeness (QED) is 0.557. The van der Waals surface area contributed by atoms with E-state index in [9.17, 15) is 14.7 Å². The summed E-state index contributed by atoms with van der Waals surface area (Å²) < 4.78 is 10.8. The van der Waals surface area contributed by atoms with Gasteiger partial charge in [-0.1, -0.05) is 36.1 Å². The minimum Gasteiger partial charge on any atom is -0.493 e. The zero-order chi connectivity index (χ0) is 21.3. The van der Waals surface area contributed by atoms with Crippen molar-refractivity contribution in [3.63, 3.8) is 0 Å². The summed E-state index contributed by atoms with van der Waals surface area (Å²) in [4.78, 5) is 26.7. The number of methoxy groups -OCH3 is 2. The van der Waals surface area contributed by atoms with Gasteiger partial charge in [0.25, 0.3) is 5.91 Å². The van der Waals surface area contributed by atoms with Gasteiger partial charge in [-0.15, -0.1) is 0 Å². The molecule has 2 aromatic carbocycles. The molecular formula is C21H19NO5S2. The Hall–Kier alpha value is -2.84. The molecular weight excluding hydrogens is 410 g/mol. The lowest BCUT2D eigenvalue weighted by Crippen LogP contribution is -2.27. The van der Waals surface area contributed by atoms with Crippen molar-refractivity contribution in [2.75, 3.05) is 19.1 Å². The smallest absolute Gasteiger partial charge is 0.340 e. The molecule has 8 heteroatoms. The summed E-state index contributed by atoms with van der Waals surface area (Å²) in [6.07, 6.45) is 1.52. The maximum Gasteiger partial charge on any atom is 0.340 e. The number of rotatable bonds is 5. The van der Waals surface area contributed by atoms with Gasteiger partial charge in [0.2, 0.25) is 0 Å². The van der Waals surface area contributed by atoms with Crippen LogP contribution in [0, 0.1) is 13.8 Å². The van der Waals surface area contributed by atoms with Crippen LogP contribution in [-0.4, -0.2) is 35.5 Å². The van der Waals surface area contributed by atoms with Crippen LogP contribution in [0.15, 0.2) is 35.2 Å². The molecule has 1 fully saturated rings. The molecule has 0 atom stereocenters. The molecule has 1 aliphatic rings. The number of thiocarbonyl (C=S) groups is 1. The van der Waals surface area contributed by atoms with E-state index in [1.165, 1.54) is 25.2 Å². The molecule has 29 heavy (non-hydrogen) atoms. The van der Waals surface area contributed by atoms with Gasteiger partial charge in [-0.25, -0.2) is 4.79 Å². The summed E-state index contributed by atoms with van der Waals surface area (Å²) in [5.74, 6) is -1.09. The summed E-state index contributed by atoms with van der Waals surface area (Å²) in [7, 11) is 2.80. The van der Waals surface area contributed by atoms with Gasteiger partial charge in [0.05, 0.1) is 24.8 Å². The lowest BCUT2D eigenvalue weighted by atomic mass is 10.0. The Bertz CT molecular complexity index is 1060. The highest BCUT2D eigenvalue weighted by Gasteiger charge is 2.34. The molecule has 1 N–H and O–H groups in total. The van der Waals surface area contributed by atoms with Crippen molar-refractivity contribution in [3.8, 4) is 11.5 Å². The van der Waals surface area contributed by atoms with Gasteiger partial charge in [-0.2, -0.15) is 0 Å². The maximum absolute atomic E-state index is 13.0. The number of carboxylic acid groups (broad SMARTS) is 1. The van der Waals surface area contributed by atoms with Crippen LogP contribution < -0.4 is 14.4 Å². The maximum atomic E-state index is 13.0. The van der Waals surface area contributed by atoms with Crippen LogP contribution in [0.1, 0.15) is 27.0 Å². The average molecular weight is 430 g/mol. The molecule has 0 saturated carbocycles. The Labute approximate surface area is 178 Å². The molecule has 0 aromatic heterocycles. The second kappa shape index (κ2) is 8.26. The van der Waals surface area contributed by atoms with Crippen molar-refractivity contribution in [3.05, 3.63) is 57.5 Å². The third-order valence-electron chi connectivity index (χ3n) is 4.62. The lowest BCUT2D eigenvalue weighted by Gasteiger charge is -2.16. The first-order valence-electron chi connectivity index (χ1n) is 8.62. The monoisotopic (exact) mass is 429 g/mol. The summed E-state index contributed by atoms with van der Waals surface area (Å²) in [5, 5.41) is 9.68. The number of thioether (sulfide) groups is 1. The molecule has 0 spiro atoms. The van der Waals surface area contributed by atoms with Gasteiger partial charge in [-0.3, -0.25) is 9.69 Å². The van der Waals surface area contributed by atoms with Crippen LogP contribution >= 0.6 is 24.0 Å². The van der Waals surface area contributed by atoms with Gasteiger partial charge >= 0.3 is 5.97 Å². The van der Waals surface area contributed by atoms with E-state index in [2.05, 4.69) is 0 Å². The van der Waals surface area contributed by atoms with Gasteiger partial charge in [0.1, 0.15) is 5.56 Å². The number of aromatic carboxylic acids is 1. The average Bonchev–Trinajstić information content (AvgIpc) is 2.96. The van der Waals surface area contributed by atoms with E-state index in [0.717, 1.165) is 22.9 Å². The number of carbonyl (C=O) groups is 2. The molecule has 1 aliphatic heterocycles. The number of ether oxygens (including phenoxy) is 2. The zero-order valence-electron chi connectivity index (χ0n) is 16.3. The van der Waals surface area contributed by atoms with Crippen molar-refractivity contribution in [1.29, 1.82) is 0 Å². The van der Waals surface area contributed by atoms with Crippen molar-refractivity contribution in [1.82, 2.24) is 0 Å². The zero-order valence-corrected chi connectivity index (χ0v) is 17.9. The van der Waals surface area contributed by atoms with Crippen LogP contribution in [0.25, 0.3) is 6.08 Å². The Morgan fingerprint density at radius 3 is 2.45 bits per heavy atom. The van der Waals surface area contributed by atoms with Crippen molar-refractivity contribution < 1.29 is 24.2 Å². The van der Waals surface area contributed by atoms with Crippen LogP contribution in [0.4, 0.5) is 5.69 Å². The second-order valence-corrected chi connectivity index (χ2v) is 8.03. The molecule has 0 unspecified atom stereocenters. The van der Waals surface area contributed by atoms with E-state index in [1.54, 1.807) is 12.1 Å². The Balaban J connectivity index is 2.06. The molecule has 1 saturated heterocycles. The molecule has 3 rings (SSSR count). The lowest BCUT2D eigenvalue weighted by molar-refractivity contribution is -0.113. The minimum absolute atomic E-state index is 0.0803. The van der Waals surface area contributed by atoms with Crippen molar-refractivity contribution in [2.45, 2.75) is 13.8 Å². The van der Waals surface area contributed by atoms with Crippen LogP contribution in [0.3, 0.4) is 0 Å². The van der Waals surface area contributed by atoms with Gasteiger partial charge in [0, 0.05) is 0 Å². The number of nitrogens with zero attached hydrogens (tertiary/aromatic N) is 1. The standard InChI is InChI=1S/C21H19NO5S2/c1-11-5-7-14(9-12(11)2)22-19(23)16(29-21(22)28)10-13-6-8-15(26-3)18(27-4)17(13)20(24)25/h5-10H,1-4H3,(H,24,25)/b16-10+. The summed E-state index contributed by atoms with van der Waals surface area (Å²) in [6.45, 7) is 3.96. The molecule has 2 aromatic rings. The minimum atomic E-state index is -1.18. The molecule has 0 bridgehead atoms. The first-order chi connectivity index (χ1) is 13.8. The summed E-state index contributed by atoms with van der Waals surface area (Å²) in [6, 6.07) is 8.86. The first kappa shape index (κ1) is 20.9. The Morgan fingerprint density at radius 1 is 1.14 bits per heavy atom. The fourth-order valence-electron chi connectivity index (χ4n) is 2.98. The first-order valence-corrected chi connectivity index (χ1v) is 9.84. The van der Waals surface area contributed by atoms with Crippen LogP contribution in [-0.2, 0) is 4.79 Å². The largest absolute Gasteiger partial charge is 0.493 e. The van der Waals surface area contributed by atoms with E-state index in [0.29, 0.717) is 26.2 Å². The van der Waals surface area contributed by atoms with E-state index < -0.39 is 5.97 Å². The normalized spacial score (nSPS) is 15.2. The topological polar surface area (TPSA) is 76.1 Å². The number of anilines is 1. The number of aryl methyl sites for hydroxylation is 2. The van der Waals surface area contributed by atoms with Gasteiger partial charge < -0.3 is 14.6 Å². The number of hydrogen-bond acceptors (Lipinski definition) is 6. The van der Waals surface area contributed by atoms with Crippen molar-refractivity contribution >= 4 is 51.9 Å². The number of benzene rings is 2. The Morgan fingerprint density at radius 2 is 1.86 bits per heavy atom. The predicted octanol–water partition coefficient (Wildman–Crippen LogP) is 4.42. The van der Waals surface area contributed by atoms with Gasteiger partial charge in [0.15, 0.2) is 15.8 Å². The molecule has 0 radical (unpaired) electrons. The number of amides is 1. The Kier molecular flexibility index (Phi) is 5.95. The molecule has 6 nitrogen and oxygen atoms in total. The predicted molar refractivity (Wildman–Crippen MR) is 118 cm³/mol. The molecule has 150 valence electrons. The fourth-order valence-corrected chi connectivity index (χ4v) is 4.27. The highest BCUT2D eigenvalue weighted by Crippen LogP contribution is 2.39. The summed E-state index contributed by atoms with van der Waals surface area (Å²) >= 11 is 6.54. The highest BCUT2D eigenvalue weighted by atomic mass is 32.2. The van der Waals surface area contributed by atoms with Gasteiger partial charge in [-0.05, 0) is 54.8 Å². The molecule has 1 amide bonds. The van der Waals surface area contributed by atoms with E-state index >= 15 is 0 Å². The van der Waals surface area contributed by atoms with Crippen LogP contribution in [0.5, 0.6) is 11.5 Å². The third-order valence-corrected chi connectivity index (χ3v) is 5.92. The SMILES string of the molecule is COc1ccc(/C=C2/SC(=S)N(c3ccc(C)c(C)c3)C2=O)c(C(=O)O)c1OC. The van der Waals surface area contributed by atoms with E-state index in [1.807, 2.05) is 32.0 Å². The summed E-state index contributed by atoms with van der Waals surface area (Å²) in [5.41, 5.74) is 3.10. The third kappa shape index (κ3) is 3.86. The second-order valence-electron chi connectivity index (χ2n) is 6.36. The van der Waals surface area contributed by atoms with E-state index in [4.69, 9.17) is 21.7 Å². The number of carboxylic acids is 1. The molecule has 0 aliphatic carbocycles. The molecule has 1 heterocycles. The highest BCUT2D eigenvalue weighted by molar-refractivity contribution is 8.27. The van der Waals surface area contributed by atoms with E-state index in [-0.39, 0.29) is 17.2 Å². The number of carbonyl (C=O) groups excluding carboxylic acids is 1. The van der Waals surface area contributed by atoms with Crippen LogP contribution in [0.2, 0.25) is 0 Å². The fraction of sp³-hybridized carbons (Fsp3) is 0.190. The van der Waals surface area contributed by atoms with Crippen molar-refractivity contribution in [2.24, 2.45) is 0 Å².